The first kappa shape index (κ1) is 36.7. The fourth-order valence-electron chi connectivity index (χ4n) is 5.02. The van der Waals surface area contributed by atoms with Crippen molar-refractivity contribution in [2.45, 2.75) is 64.8 Å². The van der Waals surface area contributed by atoms with Gasteiger partial charge in [-0.05, 0) is 66.1 Å². The molecular formula is C39H46N4O6. The van der Waals surface area contributed by atoms with E-state index >= 15 is 0 Å². The van der Waals surface area contributed by atoms with E-state index in [9.17, 15) is 14.4 Å². The lowest BCUT2D eigenvalue weighted by molar-refractivity contribution is -0.137. The number of ether oxygens (including phenoxy) is 2. The molecule has 0 bridgehead atoms. The maximum Gasteiger partial charge on any atom is 0.305 e. The van der Waals surface area contributed by atoms with Crippen LogP contribution < -0.4 is 15.4 Å². The number of rotatable bonds is 17. The van der Waals surface area contributed by atoms with Gasteiger partial charge >= 0.3 is 5.97 Å². The minimum atomic E-state index is -1.02. The molecule has 2 amide bonds. The molecule has 1 unspecified atom stereocenters. The summed E-state index contributed by atoms with van der Waals surface area (Å²) in [7, 11) is 0. The van der Waals surface area contributed by atoms with Crippen LogP contribution in [0, 0.1) is 0 Å². The Morgan fingerprint density at radius 1 is 0.816 bits per heavy atom. The van der Waals surface area contributed by atoms with Crippen LogP contribution in [0.25, 0.3) is 22.5 Å². The van der Waals surface area contributed by atoms with E-state index in [1.54, 1.807) is 24.5 Å². The van der Waals surface area contributed by atoms with E-state index in [2.05, 4.69) is 41.4 Å². The highest BCUT2D eigenvalue weighted by Crippen LogP contribution is 2.24. The predicted octanol–water partition coefficient (Wildman–Crippen LogP) is 6.24. The second-order valence-electron chi connectivity index (χ2n) is 12.8. The highest BCUT2D eigenvalue weighted by atomic mass is 16.5. The second kappa shape index (κ2) is 17.9. The summed E-state index contributed by atoms with van der Waals surface area (Å²) in [5.41, 5.74) is 4.92. The summed E-state index contributed by atoms with van der Waals surface area (Å²) in [4.78, 5) is 46.3. The number of amides is 2. The Labute approximate surface area is 288 Å². The summed E-state index contributed by atoms with van der Waals surface area (Å²) in [5, 5.41) is 14.5. The number of carboxylic acids is 1. The third-order valence-corrected chi connectivity index (χ3v) is 7.92. The van der Waals surface area contributed by atoms with E-state index in [1.807, 2.05) is 67.6 Å². The normalized spacial score (nSPS) is 11.8. The maximum atomic E-state index is 13.1. The summed E-state index contributed by atoms with van der Waals surface area (Å²) in [6, 6.07) is 21.7. The minimum absolute atomic E-state index is 0.0413. The largest absolute Gasteiger partial charge is 0.494 e. The molecule has 49 heavy (non-hydrogen) atoms. The second-order valence-corrected chi connectivity index (χ2v) is 12.8. The van der Waals surface area contributed by atoms with Crippen molar-refractivity contribution < 1.29 is 29.0 Å². The van der Waals surface area contributed by atoms with Gasteiger partial charge in [0.25, 0.3) is 5.91 Å². The molecule has 1 atom stereocenters. The molecule has 0 radical (unpaired) electrons. The summed E-state index contributed by atoms with van der Waals surface area (Å²) >= 11 is 0. The van der Waals surface area contributed by atoms with Crippen LogP contribution in [0.15, 0.2) is 85.2 Å². The van der Waals surface area contributed by atoms with E-state index in [0.29, 0.717) is 18.0 Å². The highest BCUT2D eigenvalue weighted by Gasteiger charge is 2.23. The third-order valence-electron chi connectivity index (χ3n) is 7.92. The summed E-state index contributed by atoms with van der Waals surface area (Å²) < 4.78 is 11.2. The van der Waals surface area contributed by atoms with Crippen LogP contribution in [0.4, 0.5) is 0 Å². The van der Waals surface area contributed by atoms with E-state index in [0.717, 1.165) is 59.6 Å². The smallest absolute Gasteiger partial charge is 0.305 e. The van der Waals surface area contributed by atoms with Crippen LogP contribution in [0.5, 0.6) is 5.75 Å². The van der Waals surface area contributed by atoms with Crippen LogP contribution in [0.2, 0.25) is 0 Å². The number of unbranched alkanes of at least 4 members (excludes halogenated alkanes) is 1. The van der Waals surface area contributed by atoms with Crippen molar-refractivity contribution in [2.24, 2.45) is 0 Å². The van der Waals surface area contributed by atoms with E-state index in [1.165, 1.54) is 0 Å². The van der Waals surface area contributed by atoms with Crippen molar-refractivity contribution in [2.75, 3.05) is 26.4 Å². The molecule has 1 aromatic heterocycles. The molecular weight excluding hydrogens is 620 g/mol. The number of nitrogens with one attached hydrogen (secondary N) is 2. The lowest BCUT2D eigenvalue weighted by atomic mass is 9.86. The number of aromatic nitrogens is 2. The Morgan fingerprint density at radius 2 is 1.45 bits per heavy atom. The number of aliphatic carboxylic acids is 1. The monoisotopic (exact) mass is 666 g/mol. The van der Waals surface area contributed by atoms with Gasteiger partial charge in [-0.2, -0.15) is 0 Å². The number of carboxylic acid groups (broad SMARTS) is 1. The van der Waals surface area contributed by atoms with Gasteiger partial charge in [-0.15, -0.1) is 0 Å². The Hall–Kier alpha value is -5.09. The molecule has 0 saturated heterocycles. The number of carbonyl (C=O) groups is 3. The average molecular weight is 667 g/mol. The molecule has 1 heterocycles. The molecule has 10 nitrogen and oxygen atoms in total. The Kier molecular flexibility index (Phi) is 13.4. The van der Waals surface area contributed by atoms with Crippen LogP contribution >= 0.6 is 0 Å². The Bertz CT molecular complexity index is 1650. The van der Waals surface area contributed by atoms with Crippen molar-refractivity contribution in [3.05, 3.63) is 102 Å². The lowest BCUT2D eigenvalue weighted by Gasteiger charge is -2.20. The van der Waals surface area contributed by atoms with Crippen molar-refractivity contribution in [3.8, 4) is 28.3 Å². The quantitative estimate of drug-likeness (QED) is 0.113. The van der Waals surface area contributed by atoms with Gasteiger partial charge < -0.3 is 25.2 Å². The zero-order valence-corrected chi connectivity index (χ0v) is 28.7. The van der Waals surface area contributed by atoms with Gasteiger partial charge in [0, 0.05) is 55.3 Å². The zero-order valence-electron chi connectivity index (χ0n) is 28.7. The van der Waals surface area contributed by atoms with E-state index < -0.39 is 17.9 Å². The highest BCUT2D eigenvalue weighted by molar-refractivity contribution is 5.97. The predicted molar refractivity (Wildman–Crippen MR) is 189 cm³/mol. The van der Waals surface area contributed by atoms with Gasteiger partial charge in [-0.25, -0.2) is 9.97 Å². The molecule has 258 valence electrons. The molecule has 0 spiro atoms. The van der Waals surface area contributed by atoms with Crippen LogP contribution in [0.1, 0.15) is 68.4 Å². The Balaban J connectivity index is 1.38. The van der Waals surface area contributed by atoms with Gasteiger partial charge in [-0.1, -0.05) is 69.3 Å². The van der Waals surface area contributed by atoms with Crippen molar-refractivity contribution in [3.63, 3.8) is 0 Å². The fourth-order valence-corrected chi connectivity index (χ4v) is 5.02. The van der Waals surface area contributed by atoms with Crippen molar-refractivity contribution in [1.82, 2.24) is 20.6 Å². The molecule has 10 heteroatoms. The number of hydrogen-bond acceptors (Lipinski definition) is 7. The molecule has 0 aliphatic heterocycles. The molecule has 0 aliphatic rings. The van der Waals surface area contributed by atoms with Crippen molar-refractivity contribution >= 4 is 17.8 Å². The third kappa shape index (κ3) is 11.5. The fraction of sp³-hybridized carbons (Fsp3) is 0.359. The molecule has 3 N–H and O–H groups in total. The average Bonchev–Trinajstić information content (AvgIpc) is 3.09. The summed E-state index contributed by atoms with van der Waals surface area (Å²) in [6.07, 6.45) is 5.45. The standard InChI is InChI=1S/C39H46N4O6/c1-5-48-22-6-7-23-49-33-18-14-28(15-19-33)31-25-41-36(42-26-31)29-10-8-27(9-11-29)24-34(38(47)40-21-20-35(44)45)43-37(46)30-12-16-32(17-13-30)39(2,3)4/h8-19,25-26,34H,5-7,20-24H2,1-4H3,(H,40,47)(H,43,46)(H,44,45). The first-order valence-corrected chi connectivity index (χ1v) is 16.7. The van der Waals surface area contributed by atoms with Crippen LogP contribution in [-0.4, -0.2) is 65.3 Å². The molecule has 4 rings (SSSR count). The Morgan fingerprint density at radius 3 is 2.06 bits per heavy atom. The molecule has 0 aliphatic carbocycles. The van der Waals surface area contributed by atoms with Gasteiger partial charge in [0.2, 0.25) is 5.91 Å². The lowest BCUT2D eigenvalue weighted by Crippen LogP contribution is -2.48. The molecule has 4 aromatic rings. The van der Waals surface area contributed by atoms with E-state index in [4.69, 9.17) is 14.6 Å². The van der Waals surface area contributed by atoms with Crippen molar-refractivity contribution in [1.29, 1.82) is 0 Å². The summed E-state index contributed by atoms with van der Waals surface area (Å²) in [6.45, 7) is 10.4. The van der Waals surface area contributed by atoms with Gasteiger partial charge in [0.1, 0.15) is 11.8 Å². The number of benzene rings is 3. The number of nitrogens with zero attached hydrogens (tertiary/aromatic N) is 2. The number of hydrogen-bond donors (Lipinski definition) is 3. The summed E-state index contributed by atoms with van der Waals surface area (Å²) in [5.74, 6) is -0.502. The maximum absolute atomic E-state index is 13.1. The topological polar surface area (TPSA) is 140 Å². The molecule has 0 fully saturated rings. The van der Waals surface area contributed by atoms with E-state index in [-0.39, 0.29) is 30.7 Å². The molecule has 0 saturated carbocycles. The SMILES string of the molecule is CCOCCCCOc1ccc(-c2cnc(-c3ccc(CC(NC(=O)c4ccc(C(C)(C)C)cc4)C(=O)NCCC(=O)O)cc3)nc2)cc1. The van der Waals surface area contributed by atoms with Crippen LogP contribution in [0.3, 0.4) is 0 Å². The molecule has 3 aromatic carbocycles. The zero-order chi connectivity index (χ0) is 35.2. The first-order chi connectivity index (χ1) is 23.5. The van der Waals surface area contributed by atoms with Gasteiger partial charge in [0.15, 0.2) is 5.82 Å². The van der Waals surface area contributed by atoms with Gasteiger partial charge in [-0.3, -0.25) is 14.4 Å². The van der Waals surface area contributed by atoms with Gasteiger partial charge in [0.05, 0.1) is 13.0 Å². The number of carbonyl (C=O) groups excluding carboxylic acids is 2. The minimum Gasteiger partial charge on any atom is -0.494 e. The van der Waals surface area contributed by atoms with Crippen LogP contribution in [-0.2, 0) is 26.2 Å². The first-order valence-electron chi connectivity index (χ1n) is 16.7.